The topological polar surface area (TPSA) is 51.3 Å². The van der Waals surface area contributed by atoms with Crippen LogP contribution in [0.4, 0.5) is 18.9 Å². The summed E-state index contributed by atoms with van der Waals surface area (Å²) in [5.74, 6) is 0.423. The molecule has 1 aromatic heterocycles. The first-order chi connectivity index (χ1) is 15.1. The van der Waals surface area contributed by atoms with Gasteiger partial charge in [-0.25, -0.2) is 0 Å². The zero-order valence-electron chi connectivity index (χ0n) is 18.0. The fourth-order valence-corrected chi connectivity index (χ4v) is 3.65. The van der Waals surface area contributed by atoms with E-state index in [0.717, 1.165) is 35.5 Å². The van der Waals surface area contributed by atoms with Crippen molar-refractivity contribution < 1.29 is 18.1 Å². The lowest BCUT2D eigenvalue weighted by molar-refractivity contribution is -0.384. The normalized spacial score (nSPS) is 12.0. The first-order valence-electron chi connectivity index (χ1n) is 10.4. The maximum Gasteiger partial charge on any atom is 0.416 e. The summed E-state index contributed by atoms with van der Waals surface area (Å²) in [6, 6.07) is 15.7. The van der Waals surface area contributed by atoms with Crippen LogP contribution in [0.5, 0.6) is 0 Å². The molecule has 0 radical (unpaired) electrons. The first-order valence-corrected chi connectivity index (χ1v) is 10.4. The van der Waals surface area contributed by atoms with E-state index in [1.165, 1.54) is 24.3 Å². The Morgan fingerprint density at radius 2 is 1.59 bits per heavy atom. The number of aromatic nitrogens is 1. The van der Waals surface area contributed by atoms with Gasteiger partial charge in [-0.3, -0.25) is 15.0 Å². The van der Waals surface area contributed by atoms with Gasteiger partial charge in [-0.05, 0) is 41.3 Å². The molecule has 2 aromatic carbocycles. The summed E-state index contributed by atoms with van der Waals surface area (Å²) in [4.78, 5) is 12.7. The van der Waals surface area contributed by atoms with E-state index in [2.05, 4.69) is 18.7 Å². The second-order valence-corrected chi connectivity index (χ2v) is 8.31. The van der Waals surface area contributed by atoms with Gasteiger partial charge in [-0.1, -0.05) is 38.1 Å². The van der Waals surface area contributed by atoms with Gasteiger partial charge in [0.15, 0.2) is 0 Å². The summed E-state index contributed by atoms with van der Waals surface area (Å²) in [7, 11) is 0. The van der Waals surface area contributed by atoms with E-state index in [9.17, 15) is 23.3 Å². The molecule has 0 aliphatic rings. The van der Waals surface area contributed by atoms with E-state index in [1.54, 1.807) is 12.1 Å². The van der Waals surface area contributed by atoms with Gasteiger partial charge in [0, 0.05) is 50.2 Å². The van der Waals surface area contributed by atoms with E-state index in [-0.39, 0.29) is 5.69 Å². The SMILES string of the molecule is CC(C)CN(Cc1ccc([N+](=O)[O-])cc1)Cc1cccn1Cc1ccc(C(F)(F)F)cc1. The molecule has 3 aromatic rings. The van der Waals surface area contributed by atoms with Gasteiger partial charge in [0.2, 0.25) is 0 Å². The number of nitrogens with zero attached hydrogens (tertiary/aromatic N) is 3. The van der Waals surface area contributed by atoms with Gasteiger partial charge in [0.1, 0.15) is 0 Å². The molecular formula is C24H26F3N3O2. The van der Waals surface area contributed by atoms with Crippen LogP contribution in [0.3, 0.4) is 0 Å². The third kappa shape index (κ3) is 6.43. The molecular weight excluding hydrogens is 419 g/mol. The number of benzene rings is 2. The molecule has 0 saturated heterocycles. The largest absolute Gasteiger partial charge is 0.416 e. The van der Waals surface area contributed by atoms with Crippen LogP contribution in [0.25, 0.3) is 0 Å². The second kappa shape index (κ2) is 9.99. The lowest BCUT2D eigenvalue weighted by Crippen LogP contribution is -2.28. The average molecular weight is 445 g/mol. The Morgan fingerprint density at radius 3 is 2.16 bits per heavy atom. The highest BCUT2D eigenvalue weighted by Gasteiger charge is 2.29. The van der Waals surface area contributed by atoms with Crippen molar-refractivity contribution in [2.24, 2.45) is 5.92 Å². The average Bonchev–Trinajstić information content (AvgIpc) is 3.14. The van der Waals surface area contributed by atoms with Crippen LogP contribution in [-0.4, -0.2) is 20.9 Å². The molecule has 170 valence electrons. The first kappa shape index (κ1) is 23.5. The number of hydrogen-bond acceptors (Lipinski definition) is 3. The van der Waals surface area contributed by atoms with E-state index in [0.29, 0.717) is 25.6 Å². The van der Waals surface area contributed by atoms with Gasteiger partial charge in [-0.15, -0.1) is 0 Å². The Bertz CT molecular complexity index is 1030. The van der Waals surface area contributed by atoms with E-state index >= 15 is 0 Å². The van der Waals surface area contributed by atoms with Crippen molar-refractivity contribution in [2.45, 2.75) is 39.7 Å². The summed E-state index contributed by atoms with van der Waals surface area (Å²) in [5.41, 5.74) is 2.24. The van der Waals surface area contributed by atoms with E-state index < -0.39 is 16.7 Å². The number of alkyl halides is 3. The molecule has 0 N–H and O–H groups in total. The predicted molar refractivity (Wildman–Crippen MR) is 117 cm³/mol. The van der Waals surface area contributed by atoms with Crippen LogP contribution in [0, 0.1) is 16.0 Å². The Balaban J connectivity index is 1.72. The van der Waals surface area contributed by atoms with Crippen LogP contribution < -0.4 is 0 Å². The molecule has 0 bridgehead atoms. The van der Waals surface area contributed by atoms with Crippen molar-refractivity contribution in [2.75, 3.05) is 6.54 Å². The van der Waals surface area contributed by atoms with Crippen molar-refractivity contribution in [1.82, 2.24) is 9.47 Å². The molecule has 0 aliphatic carbocycles. The highest BCUT2D eigenvalue weighted by Crippen LogP contribution is 2.29. The zero-order valence-corrected chi connectivity index (χ0v) is 18.0. The van der Waals surface area contributed by atoms with E-state index in [1.807, 2.05) is 22.9 Å². The molecule has 0 fully saturated rings. The molecule has 0 amide bonds. The number of rotatable bonds is 9. The van der Waals surface area contributed by atoms with Crippen molar-refractivity contribution >= 4 is 5.69 Å². The predicted octanol–water partition coefficient (Wildman–Crippen LogP) is 6.12. The molecule has 5 nitrogen and oxygen atoms in total. The van der Waals surface area contributed by atoms with Crippen molar-refractivity contribution in [3.05, 3.63) is 99.4 Å². The summed E-state index contributed by atoms with van der Waals surface area (Å²) >= 11 is 0. The van der Waals surface area contributed by atoms with E-state index in [4.69, 9.17) is 0 Å². The number of hydrogen-bond donors (Lipinski definition) is 0. The zero-order chi connectivity index (χ0) is 23.3. The van der Waals surface area contributed by atoms with Gasteiger partial charge < -0.3 is 4.57 Å². The number of nitro benzene ring substituents is 1. The molecule has 8 heteroatoms. The quantitative estimate of drug-likeness (QED) is 0.294. The maximum atomic E-state index is 12.8. The van der Waals surface area contributed by atoms with Gasteiger partial charge >= 0.3 is 6.18 Å². The lowest BCUT2D eigenvalue weighted by atomic mass is 10.1. The fraction of sp³-hybridized carbons (Fsp3) is 0.333. The van der Waals surface area contributed by atoms with Crippen LogP contribution in [0.15, 0.2) is 66.9 Å². The highest BCUT2D eigenvalue weighted by molar-refractivity contribution is 5.33. The Labute approximate surface area is 185 Å². The van der Waals surface area contributed by atoms with Gasteiger partial charge in [0.05, 0.1) is 10.5 Å². The molecule has 0 saturated carbocycles. The summed E-state index contributed by atoms with van der Waals surface area (Å²) in [6.07, 6.45) is -2.42. The van der Waals surface area contributed by atoms with Crippen LogP contribution >= 0.6 is 0 Å². The van der Waals surface area contributed by atoms with Crippen molar-refractivity contribution in [3.8, 4) is 0 Å². The second-order valence-electron chi connectivity index (χ2n) is 8.31. The summed E-state index contributed by atoms with van der Waals surface area (Å²) in [5, 5.41) is 10.9. The van der Waals surface area contributed by atoms with Gasteiger partial charge in [0.25, 0.3) is 5.69 Å². The monoisotopic (exact) mass is 445 g/mol. The Kier molecular flexibility index (Phi) is 7.35. The molecule has 0 aliphatic heterocycles. The molecule has 32 heavy (non-hydrogen) atoms. The van der Waals surface area contributed by atoms with Crippen LogP contribution in [-0.2, 0) is 25.8 Å². The van der Waals surface area contributed by atoms with Crippen molar-refractivity contribution in [3.63, 3.8) is 0 Å². The fourth-order valence-electron chi connectivity index (χ4n) is 3.65. The maximum absolute atomic E-state index is 12.8. The van der Waals surface area contributed by atoms with Crippen LogP contribution in [0.2, 0.25) is 0 Å². The molecule has 3 rings (SSSR count). The Hall–Kier alpha value is -3.13. The minimum Gasteiger partial charge on any atom is -0.346 e. The number of non-ortho nitro benzene ring substituents is 1. The Morgan fingerprint density at radius 1 is 0.969 bits per heavy atom. The molecule has 1 heterocycles. The van der Waals surface area contributed by atoms with Crippen LogP contribution in [0.1, 0.15) is 36.2 Å². The smallest absolute Gasteiger partial charge is 0.346 e. The molecule has 0 atom stereocenters. The summed E-state index contributed by atoms with van der Waals surface area (Å²) < 4.78 is 40.4. The minimum absolute atomic E-state index is 0.0644. The standard InChI is InChI=1S/C24H26F3N3O2/c1-18(2)14-28(15-19-7-11-22(12-8-19)30(31)32)17-23-4-3-13-29(23)16-20-5-9-21(10-6-20)24(25,26)27/h3-13,18H,14-17H2,1-2H3. The molecule has 0 spiro atoms. The lowest BCUT2D eigenvalue weighted by Gasteiger charge is -2.25. The summed E-state index contributed by atoms with van der Waals surface area (Å²) in [6.45, 7) is 6.87. The minimum atomic E-state index is -4.34. The highest BCUT2D eigenvalue weighted by atomic mass is 19.4. The van der Waals surface area contributed by atoms with Gasteiger partial charge in [-0.2, -0.15) is 13.2 Å². The number of nitro groups is 1. The number of halogens is 3. The third-order valence-electron chi connectivity index (χ3n) is 5.12. The third-order valence-corrected chi connectivity index (χ3v) is 5.12. The molecule has 0 unspecified atom stereocenters. The van der Waals surface area contributed by atoms with Crippen molar-refractivity contribution in [1.29, 1.82) is 0 Å².